The summed E-state index contributed by atoms with van der Waals surface area (Å²) in [4.78, 5) is 0. The first-order valence-electron chi connectivity index (χ1n) is 9.63. The Labute approximate surface area is 212 Å². The van der Waals surface area contributed by atoms with Crippen molar-refractivity contribution in [3.8, 4) is 0 Å². The molecule has 0 rings (SSSR count). The van der Waals surface area contributed by atoms with Gasteiger partial charge in [-0.3, -0.25) is 0 Å². The van der Waals surface area contributed by atoms with Crippen LogP contribution < -0.4 is 0 Å². The van der Waals surface area contributed by atoms with E-state index in [1.807, 2.05) is 0 Å². The van der Waals surface area contributed by atoms with Gasteiger partial charge in [0, 0.05) is 13.1 Å². The van der Waals surface area contributed by atoms with E-state index in [1.165, 1.54) is 34.6 Å². The van der Waals surface area contributed by atoms with Crippen LogP contribution in [0.5, 0.6) is 0 Å². The first-order chi connectivity index (χ1) is 15.6. The lowest BCUT2D eigenvalue weighted by molar-refractivity contribution is -0.0483. The second-order valence-corrected chi connectivity index (χ2v) is 17.0. The Morgan fingerprint density at radius 3 is 1.19 bits per heavy atom. The molecule has 0 bridgehead atoms. The highest BCUT2D eigenvalue weighted by Crippen LogP contribution is 2.31. The van der Waals surface area contributed by atoms with Crippen LogP contribution in [0.1, 0.15) is 41.0 Å². The zero-order valence-electron chi connectivity index (χ0n) is 20.7. The van der Waals surface area contributed by atoms with Crippen molar-refractivity contribution in [2.75, 3.05) is 25.6 Å². The molecule has 0 aliphatic rings. The minimum atomic E-state index is -6.02. The second kappa shape index (κ2) is 11.8. The lowest BCUT2D eigenvalue weighted by Crippen LogP contribution is -2.48. The fraction of sp³-hybridized carbons (Fsp3) is 1.00. The number of nitrogens with zero attached hydrogens (tertiary/aromatic N) is 2. The van der Waals surface area contributed by atoms with Crippen LogP contribution in [0, 0.1) is 5.92 Å². The minimum Gasteiger partial charge on any atom is -0.390 e. The number of hydrogen-bond acceptors (Lipinski definition) is 10. The third-order valence-corrected chi connectivity index (χ3v) is 11.6. The molecule has 1 atom stereocenters. The molecule has 0 radical (unpaired) electrons. The Morgan fingerprint density at radius 2 is 0.973 bits per heavy atom. The van der Waals surface area contributed by atoms with E-state index in [1.54, 1.807) is 0 Å². The lowest BCUT2D eigenvalue weighted by atomic mass is 9.93. The molecule has 226 valence electrons. The van der Waals surface area contributed by atoms with Gasteiger partial charge in [0.05, 0.1) is 23.7 Å². The number of rotatable bonds is 10. The average Bonchev–Trinajstić information content (AvgIpc) is 2.53. The Morgan fingerprint density at radius 1 is 0.676 bits per heavy atom. The minimum absolute atomic E-state index is 0.348. The Balaban J connectivity index is 0. The van der Waals surface area contributed by atoms with E-state index < -0.39 is 95.2 Å². The van der Waals surface area contributed by atoms with Crippen molar-refractivity contribution < 1.29 is 70.2 Å². The van der Waals surface area contributed by atoms with Crippen LogP contribution in [-0.2, 0) is 40.1 Å². The summed E-state index contributed by atoms with van der Waals surface area (Å²) in [6.07, 6.45) is 0.240. The first kappa shape index (κ1) is 38.4. The summed E-state index contributed by atoms with van der Waals surface area (Å²) in [6.45, 7) is 4.16. The van der Waals surface area contributed by atoms with Crippen molar-refractivity contribution >= 4 is 40.1 Å². The van der Waals surface area contributed by atoms with Crippen LogP contribution in [0.15, 0.2) is 0 Å². The van der Waals surface area contributed by atoms with Crippen molar-refractivity contribution in [3.05, 3.63) is 0 Å². The maximum atomic E-state index is 12.4. The van der Waals surface area contributed by atoms with Crippen LogP contribution in [-0.4, -0.2) is 99.1 Å². The molecule has 0 aliphatic heterocycles. The van der Waals surface area contributed by atoms with Crippen molar-refractivity contribution in [2.45, 2.75) is 63.3 Å². The summed E-state index contributed by atoms with van der Waals surface area (Å²) in [5.41, 5.74) is -14.5. The first-order valence-corrected chi connectivity index (χ1v) is 16.2. The standard InChI is InChI=1S/C8H16F3NO5S2.C7H14F3NO5S2/c1-6(7(2,3)13)5-12(18(4,14)15)19(16,17)8(9,10)11;1-6(2,12)4-5-11(17(3,13)14)18(15,16)7(8,9)10/h6,13H,5H2,1-4H3;12H,4-5H2,1-3H3. The number of sulfonamides is 4. The van der Waals surface area contributed by atoms with Gasteiger partial charge in [0.1, 0.15) is 0 Å². The summed E-state index contributed by atoms with van der Waals surface area (Å²) in [6, 6.07) is 0. The quantitative estimate of drug-likeness (QED) is 0.323. The fourth-order valence-corrected chi connectivity index (χ4v) is 7.41. The van der Waals surface area contributed by atoms with Crippen LogP contribution >= 0.6 is 0 Å². The van der Waals surface area contributed by atoms with Crippen LogP contribution in [0.4, 0.5) is 26.3 Å². The molecule has 0 saturated carbocycles. The molecule has 1 unspecified atom stereocenters. The van der Waals surface area contributed by atoms with E-state index in [0.717, 1.165) is 0 Å². The summed E-state index contributed by atoms with van der Waals surface area (Å²) in [5, 5.41) is 18.9. The third kappa shape index (κ3) is 11.9. The Bertz CT molecular complexity index is 1200. The van der Waals surface area contributed by atoms with E-state index in [2.05, 4.69) is 0 Å². The molecular weight excluding hydrogens is 610 g/mol. The lowest BCUT2D eigenvalue weighted by Gasteiger charge is -2.30. The molecule has 0 aromatic rings. The molecule has 0 aliphatic carbocycles. The van der Waals surface area contributed by atoms with Gasteiger partial charge < -0.3 is 10.2 Å². The van der Waals surface area contributed by atoms with E-state index in [0.29, 0.717) is 12.5 Å². The van der Waals surface area contributed by atoms with E-state index >= 15 is 0 Å². The van der Waals surface area contributed by atoms with Gasteiger partial charge in [-0.05, 0) is 40.0 Å². The second-order valence-electron chi connectivity index (χ2n) is 9.00. The summed E-state index contributed by atoms with van der Waals surface area (Å²) in [5.74, 6) is -1.03. The van der Waals surface area contributed by atoms with Gasteiger partial charge in [-0.25, -0.2) is 33.7 Å². The van der Waals surface area contributed by atoms with Crippen molar-refractivity contribution in [1.82, 2.24) is 7.42 Å². The highest BCUT2D eigenvalue weighted by Gasteiger charge is 2.54. The van der Waals surface area contributed by atoms with Gasteiger partial charge >= 0.3 is 31.1 Å². The molecular formula is C15H30F6N2O10S4. The normalized spacial score (nSPS) is 15.9. The zero-order chi connectivity index (χ0) is 30.9. The molecule has 0 fully saturated rings. The van der Waals surface area contributed by atoms with Gasteiger partial charge in [-0.2, -0.15) is 26.3 Å². The van der Waals surface area contributed by atoms with Gasteiger partial charge in [-0.1, -0.05) is 14.3 Å². The molecule has 0 spiro atoms. The average molecular weight is 641 g/mol. The zero-order valence-corrected chi connectivity index (χ0v) is 23.9. The Hall–Kier alpha value is -0.780. The summed E-state index contributed by atoms with van der Waals surface area (Å²) >= 11 is 0. The Kier molecular flexibility index (Phi) is 12.2. The molecule has 2 N–H and O–H groups in total. The van der Waals surface area contributed by atoms with E-state index in [9.17, 15) is 70.2 Å². The van der Waals surface area contributed by atoms with Crippen LogP contribution in [0.2, 0.25) is 0 Å². The molecule has 0 aromatic heterocycles. The number of aliphatic hydroxyl groups is 2. The monoisotopic (exact) mass is 640 g/mol. The topological polar surface area (TPSA) is 183 Å². The summed E-state index contributed by atoms with van der Waals surface area (Å²) in [7, 11) is -21.3. The maximum absolute atomic E-state index is 12.4. The highest BCUT2D eigenvalue weighted by molar-refractivity contribution is 8.04. The predicted octanol–water partition coefficient (Wildman–Crippen LogP) is 0.763. The van der Waals surface area contributed by atoms with Gasteiger partial charge in [0.25, 0.3) is 0 Å². The van der Waals surface area contributed by atoms with Crippen molar-refractivity contribution in [3.63, 3.8) is 0 Å². The molecule has 0 saturated heterocycles. The molecule has 0 amide bonds. The van der Waals surface area contributed by atoms with Crippen LogP contribution in [0.25, 0.3) is 0 Å². The molecule has 0 aromatic carbocycles. The number of alkyl halides is 6. The molecule has 37 heavy (non-hydrogen) atoms. The van der Waals surface area contributed by atoms with Crippen molar-refractivity contribution in [2.24, 2.45) is 5.92 Å². The number of halogens is 6. The predicted molar refractivity (Wildman–Crippen MR) is 119 cm³/mol. The van der Waals surface area contributed by atoms with Gasteiger partial charge in [-0.15, -0.1) is 0 Å². The fourth-order valence-electron chi connectivity index (χ4n) is 1.92. The van der Waals surface area contributed by atoms with E-state index in [4.69, 9.17) is 0 Å². The number of hydrogen-bond donors (Lipinski definition) is 2. The van der Waals surface area contributed by atoms with Gasteiger partial charge in [0.15, 0.2) is 0 Å². The van der Waals surface area contributed by atoms with Crippen molar-refractivity contribution in [1.29, 1.82) is 0 Å². The maximum Gasteiger partial charge on any atom is 0.512 e. The smallest absolute Gasteiger partial charge is 0.390 e. The molecule has 0 heterocycles. The SMILES string of the molecule is CC(C)(O)CCN(S(C)(=O)=O)S(=O)(=O)C(F)(F)F.CC(CN(S(C)(=O)=O)S(=O)(=O)C(F)(F)F)C(C)(C)O. The third-order valence-electron chi connectivity index (χ3n) is 4.40. The summed E-state index contributed by atoms with van der Waals surface area (Å²) < 4.78 is 162. The highest BCUT2D eigenvalue weighted by atomic mass is 32.3. The molecule has 22 heteroatoms. The van der Waals surface area contributed by atoms with Crippen LogP contribution in [0.3, 0.4) is 0 Å². The largest absolute Gasteiger partial charge is 0.512 e. The van der Waals surface area contributed by atoms with Gasteiger partial charge in [0.2, 0.25) is 20.0 Å². The molecule has 12 nitrogen and oxygen atoms in total. The van der Waals surface area contributed by atoms with E-state index in [-0.39, 0.29) is 0 Å².